The summed E-state index contributed by atoms with van der Waals surface area (Å²) in [5.41, 5.74) is -5.62. The standard InChI is InChI=1S/C25H18F6O4/c1-3-33-13-5-7-14(8-6-13)35-23(32)17-10-9-15-16-11-12-18(34-4-2)22(27)20(16)25(30,31)24(28,29)19(15)21(17)26/h5-12H,3-4H2,1-2H3. The van der Waals surface area contributed by atoms with Crippen LogP contribution in [0.3, 0.4) is 0 Å². The Morgan fingerprint density at radius 3 is 1.80 bits per heavy atom. The van der Waals surface area contributed by atoms with Gasteiger partial charge in [0.2, 0.25) is 0 Å². The maximum atomic E-state index is 15.3. The summed E-state index contributed by atoms with van der Waals surface area (Å²) in [6.07, 6.45) is 0. The molecule has 0 radical (unpaired) electrons. The summed E-state index contributed by atoms with van der Waals surface area (Å²) >= 11 is 0. The smallest absolute Gasteiger partial charge is 0.346 e. The highest BCUT2D eigenvalue weighted by Crippen LogP contribution is 2.60. The Morgan fingerprint density at radius 2 is 1.23 bits per heavy atom. The van der Waals surface area contributed by atoms with Crippen molar-refractivity contribution in [3.05, 3.63) is 76.9 Å². The molecule has 0 atom stereocenters. The number of hydrogen-bond donors (Lipinski definition) is 0. The largest absolute Gasteiger partial charge is 0.494 e. The fourth-order valence-electron chi connectivity index (χ4n) is 3.87. The minimum absolute atomic E-state index is 0.0523. The summed E-state index contributed by atoms with van der Waals surface area (Å²) in [6, 6.07) is 9.21. The minimum Gasteiger partial charge on any atom is -0.494 e. The van der Waals surface area contributed by atoms with Crippen molar-refractivity contribution in [3.63, 3.8) is 0 Å². The number of ether oxygens (including phenoxy) is 3. The van der Waals surface area contributed by atoms with Crippen LogP contribution in [0.4, 0.5) is 26.3 Å². The Kier molecular flexibility index (Phi) is 6.16. The molecule has 0 heterocycles. The molecule has 0 spiro atoms. The third-order valence-electron chi connectivity index (χ3n) is 5.43. The van der Waals surface area contributed by atoms with Gasteiger partial charge < -0.3 is 14.2 Å². The van der Waals surface area contributed by atoms with Crippen molar-refractivity contribution in [2.45, 2.75) is 25.7 Å². The lowest BCUT2D eigenvalue weighted by Crippen LogP contribution is -2.41. The fourth-order valence-corrected chi connectivity index (χ4v) is 3.87. The number of benzene rings is 3. The van der Waals surface area contributed by atoms with Crippen molar-refractivity contribution in [2.24, 2.45) is 0 Å². The van der Waals surface area contributed by atoms with E-state index in [0.717, 1.165) is 24.3 Å². The van der Waals surface area contributed by atoms with E-state index in [1.807, 2.05) is 0 Å². The van der Waals surface area contributed by atoms with Crippen LogP contribution in [0.1, 0.15) is 35.3 Å². The molecule has 4 rings (SSSR count). The van der Waals surface area contributed by atoms with Gasteiger partial charge in [-0.05, 0) is 67.4 Å². The van der Waals surface area contributed by atoms with Crippen molar-refractivity contribution in [1.82, 2.24) is 0 Å². The predicted octanol–water partition coefficient (Wildman–Crippen LogP) is 6.85. The van der Waals surface area contributed by atoms with Crippen molar-refractivity contribution >= 4 is 5.97 Å². The van der Waals surface area contributed by atoms with Gasteiger partial charge in [-0.2, -0.15) is 17.6 Å². The molecule has 0 amide bonds. The molecule has 0 aromatic heterocycles. The summed E-state index contributed by atoms with van der Waals surface area (Å²) in [7, 11) is 0. The molecular formula is C25H18F6O4. The van der Waals surface area contributed by atoms with E-state index in [-0.39, 0.29) is 12.4 Å². The molecule has 0 bridgehead atoms. The number of alkyl halides is 4. The molecule has 3 aromatic rings. The highest BCUT2D eigenvalue weighted by atomic mass is 19.3. The van der Waals surface area contributed by atoms with Crippen LogP contribution in [0, 0.1) is 11.6 Å². The zero-order valence-electron chi connectivity index (χ0n) is 18.4. The van der Waals surface area contributed by atoms with E-state index in [4.69, 9.17) is 14.2 Å². The zero-order chi connectivity index (χ0) is 25.5. The second kappa shape index (κ2) is 8.83. The van der Waals surface area contributed by atoms with E-state index in [1.54, 1.807) is 6.92 Å². The topological polar surface area (TPSA) is 44.8 Å². The van der Waals surface area contributed by atoms with Crippen molar-refractivity contribution < 1.29 is 45.3 Å². The summed E-state index contributed by atoms with van der Waals surface area (Å²) in [5.74, 6) is -15.5. The zero-order valence-corrected chi connectivity index (χ0v) is 18.4. The van der Waals surface area contributed by atoms with E-state index in [9.17, 15) is 18.0 Å². The van der Waals surface area contributed by atoms with Crippen LogP contribution >= 0.6 is 0 Å². The highest BCUT2D eigenvalue weighted by molar-refractivity contribution is 5.93. The van der Waals surface area contributed by atoms with E-state index in [1.165, 1.54) is 31.2 Å². The second-order valence-corrected chi connectivity index (χ2v) is 7.53. The van der Waals surface area contributed by atoms with E-state index in [0.29, 0.717) is 12.4 Å². The summed E-state index contributed by atoms with van der Waals surface area (Å²) in [5, 5.41) is 0. The molecule has 0 saturated carbocycles. The molecule has 1 aliphatic rings. The normalized spacial score (nSPS) is 15.1. The fraction of sp³-hybridized carbons (Fsp3) is 0.240. The Hall–Kier alpha value is -3.69. The van der Waals surface area contributed by atoms with E-state index < -0.39 is 63.0 Å². The van der Waals surface area contributed by atoms with Gasteiger partial charge in [0.1, 0.15) is 17.3 Å². The molecule has 35 heavy (non-hydrogen) atoms. The molecule has 4 nitrogen and oxygen atoms in total. The Balaban J connectivity index is 1.80. The van der Waals surface area contributed by atoms with Gasteiger partial charge in [0, 0.05) is 0 Å². The summed E-state index contributed by atoms with van der Waals surface area (Å²) < 4.78 is 105. The van der Waals surface area contributed by atoms with Crippen molar-refractivity contribution in [1.29, 1.82) is 0 Å². The molecule has 0 aliphatic heterocycles. The summed E-state index contributed by atoms with van der Waals surface area (Å²) in [4.78, 5) is 12.5. The second-order valence-electron chi connectivity index (χ2n) is 7.53. The van der Waals surface area contributed by atoms with Gasteiger partial charge in [-0.1, -0.05) is 6.07 Å². The number of carbonyl (C=O) groups is 1. The summed E-state index contributed by atoms with van der Waals surface area (Å²) in [6.45, 7) is 3.52. The Bertz CT molecular complexity index is 1290. The van der Waals surface area contributed by atoms with Crippen molar-refractivity contribution in [2.75, 3.05) is 13.2 Å². The number of carbonyl (C=O) groups excluding carboxylic acids is 1. The third-order valence-corrected chi connectivity index (χ3v) is 5.43. The van der Waals surface area contributed by atoms with Crippen LogP contribution in [0.5, 0.6) is 17.2 Å². The lowest BCUT2D eigenvalue weighted by Gasteiger charge is -2.35. The maximum Gasteiger partial charge on any atom is 0.346 e. The first kappa shape index (κ1) is 24.4. The van der Waals surface area contributed by atoms with Gasteiger partial charge in [-0.3, -0.25) is 0 Å². The first-order chi connectivity index (χ1) is 16.5. The first-order valence-electron chi connectivity index (χ1n) is 10.5. The monoisotopic (exact) mass is 496 g/mol. The van der Waals surface area contributed by atoms with Crippen LogP contribution in [-0.4, -0.2) is 19.2 Å². The lowest BCUT2D eigenvalue weighted by atomic mass is 9.79. The number of fused-ring (bicyclic) bond motifs is 3. The lowest BCUT2D eigenvalue weighted by molar-refractivity contribution is -0.227. The van der Waals surface area contributed by atoms with Crippen LogP contribution in [0.2, 0.25) is 0 Å². The van der Waals surface area contributed by atoms with Gasteiger partial charge in [-0.15, -0.1) is 0 Å². The van der Waals surface area contributed by atoms with Gasteiger partial charge in [0.05, 0.1) is 29.9 Å². The average molecular weight is 496 g/mol. The molecular weight excluding hydrogens is 478 g/mol. The van der Waals surface area contributed by atoms with Gasteiger partial charge in [0.25, 0.3) is 0 Å². The number of esters is 1. The van der Waals surface area contributed by atoms with Crippen LogP contribution < -0.4 is 14.2 Å². The highest BCUT2D eigenvalue weighted by Gasteiger charge is 2.65. The SMILES string of the molecule is CCOc1ccc(OC(=O)c2ccc3c(c2F)C(F)(F)C(F)(F)c2c-3ccc(OCC)c2F)cc1. The maximum absolute atomic E-state index is 15.3. The van der Waals surface area contributed by atoms with E-state index >= 15 is 13.2 Å². The van der Waals surface area contributed by atoms with Crippen LogP contribution in [0.15, 0.2) is 48.5 Å². The predicted molar refractivity (Wildman–Crippen MR) is 113 cm³/mol. The van der Waals surface area contributed by atoms with Crippen LogP contribution in [-0.2, 0) is 11.8 Å². The minimum atomic E-state index is -5.18. The average Bonchev–Trinajstić information content (AvgIpc) is 2.80. The van der Waals surface area contributed by atoms with Crippen LogP contribution in [0.25, 0.3) is 11.1 Å². The third kappa shape index (κ3) is 3.86. The molecule has 0 N–H and O–H groups in total. The molecule has 1 aliphatic carbocycles. The molecule has 184 valence electrons. The number of halogens is 6. The number of rotatable bonds is 6. The molecule has 3 aromatic carbocycles. The molecule has 10 heteroatoms. The molecule has 0 saturated heterocycles. The Morgan fingerprint density at radius 1 is 0.714 bits per heavy atom. The van der Waals surface area contributed by atoms with Crippen molar-refractivity contribution in [3.8, 4) is 28.4 Å². The molecule has 0 unspecified atom stereocenters. The van der Waals surface area contributed by atoms with Gasteiger partial charge in [0.15, 0.2) is 11.6 Å². The Labute approximate surface area is 196 Å². The van der Waals surface area contributed by atoms with Gasteiger partial charge >= 0.3 is 17.8 Å². The number of hydrogen-bond acceptors (Lipinski definition) is 4. The molecule has 0 fully saturated rings. The first-order valence-corrected chi connectivity index (χ1v) is 10.5. The van der Waals surface area contributed by atoms with Gasteiger partial charge in [-0.25, -0.2) is 13.6 Å². The van der Waals surface area contributed by atoms with E-state index in [2.05, 4.69) is 0 Å². The quantitative estimate of drug-likeness (QED) is 0.213.